The van der Waals surface area contributed by atoms with Gasteiger partial charge in [0.05, 0.1) is 22.4 Å². The molecule has 1 amide bonds. The molecule has 3 heterocycles. The van der Waals surface area contributed by atoms with Crippen LogP contribution in [0.5, 0.6) is 11.6 Å². The van der Waals surface area contributed by atoms with Crippen molar-refractivity contribution in [2.75, 3.05) is 18.5 Å². The number of rotatable bonds is 4. The molecule has 5 rings (SSSR count). The highest BCUT2D eigenvalue weighted by Crippen LogP contribution is 2.43. The largest absolute Gasteiger partial charge is 0.484 e. The molecule has 0 radical (unpaired) electrons. The SMILES string of the molecule is Cc1nc(N[C@H]2CC[C@@H](NC(=O)OC(C)(C)C)CC2)nc2ccc(-c3c(Cl)cnc4c3OCCO4)cc12. The summed E-state index contributed by atoms with van der Waals surface area (Å²) in [5.41, 5.74) is 2.86. The Labute approximate surface area is 221 Å². The van der Waals surface area contributed by atoms with E-state index in [-0.39, 0.29) is 18.2 Å². The second kappa shape index (κ2) is 10.2. The Balaban J connectivity index is 1.28. The van der Waals surface area contributed by atoms with E-state index in [4.69, 9.17) is 35.8 Å². The van der Waals surface area contributed by atoms with E-state index in [1.807, 2.05) is 45.9 Å². The van der Waals surface area contributed by atoms with Gasteiger partial charge in [0.15, 0.2) is 5.75 Å². The topological polar surface area (TPSA) is 107 Å². The van der Waals surface area contributed by atoms with Crippen LogP contribution in [0.2, 0.25) is 5.02 Å². The van der Waals surface area contributed by atoms with E-state index in [9.17, 15) is 4.79 Å². The molecule has 1 aromatic carbocycles. The summed E-state index contributed by atoms with van der Waals surface area (Å²) in [6.45, 7) is 8.48. The van der Waals surface area contributed by atoms with E-state index in [1.165, 1.54) is 0 Å². The van der Waals surface area contributed by atoms with Crippen LogP contribution < -0.4 is 20.1 Å². The Morgan fingerprint density at radius 3 is 2.57 bits per heavy atom. The number of benzene rings is 1. The number of hydrogen-bond donors (Lipinski definition) is 2. The highest BCUT2D eigenvalue weighted by molar-refractivity contribution is 6.33. The van der Waals surface area contributed by atoms with Crippen LogP contribution in [0.1, 0.15) is 52.1 Å². The quantitative estimate of drug-likeness (QED) is 0.448. The summed E-state index contributed by atoms with van der Waals surface area (Å²) >= 11 is 6.52. The molecule has 0 bridgehead atoms. The van der Waals surface area contributed by atoms with E-state index in [2.05, 4.69) is 15.6 Å². The molecule has 0 spiro atoms. The van der Waals surface area contributed by atoms with Crippen LogP contribution in [-0.4, -0.2) is 51.9 Å². The summed E-state index contributed by atoms with van der Waals surface area (Å²) in [5.74, 6) is 1.62. The van der Waals surface area contributed by atoms with Crippen LogP contribution in [-0.2, 0) is 4.74 Å². The van der Waals surface area contributed by atoms with Gasteiger partial charge in [0, 0.05) is 23.0 Å². The number of anilines is 1. The fraction of sp³-hybridized carbons (Fsp3) is 0.481. The molecule has 0 saturated heterocycles. The van der Waals surface area contributed by atoms with Gasteiger partial charge in [-0.2, -0.15) is 0 Å². The van der Waals surface area contributed by atoms with Crippen LogP contribution in [0.25, 0.3) is 22.0 Å². The lowest BCUT2D eigenvalue weighted by atomic mass is 9.91. The molecule has 1 saturated carbocycles. The smallest absolute Gasteiger partial charge is 0.407 e. The molecule has 3 aromatic rings. The van der Waals surface area contributed by atoms with Crippen molar-refractivity contribution in [3.05, 3.63) is 35.1 Å². The van der Waals surface area contributed by atoms with Crippen molar-refractivity contribution >= 4 is 34.5 Å². The van der Waals surface area contributed by atoms with Crippen molar-refractivity contribution in [2.24, 2.45) is 0 Å². The number of nitrogens with one attached hydrogen (secondary N) is 2. The number of carbonyl (C=O) groups excluding carboxylic acids is 1. The number of fused-ring (bicyclic) bond motifs is 2. The third kappa shape index (κ3) is 5.82. The van der Waals surface area contributed by atoms with Crippen molar-refractivity contribution in [3.8, 4) is 22.8 Å². The van der Waals surface area contributed by atoms with Crippen LogP contribution in [0.3, 0.4) is 0 Å². The third-order valence-electron chi connectivity index (χ3n) is 6.48. The third-order valence-corrected chi connectivity index (χ3v) is 6.77. The lowest BCUT2D eigenvalue weighted by Gasteiger charge is -2.30. The first-order chi connectivity index (χ1) is 17.7. The molecular weight excluding hydrogens is 494 g/mol. The van der Waals surface area contributed by atoms with Crippen molar-refractivity contribution in [2.45, 2.75) is 71.1 Å². The summed E-state index contributed by atoms with van der Waals surface area (Å²) < 4.78 is 16.9. The highest BCUT2D eigenvalue weighted by Gasteiger charge is 2.26. The van der Waals surface area contributed by atoms with E-state index in [0.717, 1.165) is 53.4 Å². The monoisotopic (exact) mass is 525 g/mol. The highest BCUT2D eigenvalue weighted by atomic mass is 35.5. The van der Waals surface area contributed by atoms with Crippen molar-refractivity contribution in [3.63, 3.8) is 0 Å². The van der Waals surface area contributed by atoms with Gasteiger partial charge in [-0.1, -0.05) is 17.7 Å². The molecule has 10 heteroatoms. The van der Waals surface area contributed by atoms with Crippen LogP contribution in [0.4, 0.5) is 10.7 Å². The first-order valence-corrected chi connectivity index (χ1v) is 13.0. The number of aromatic nitrogens is 3. The van der Waals surface area contributed by atoms with Gasteiger partial charge in [-0.25, -0.2) is 19.7 Å². The van der Waals surface area contributed by atoms with Crippen molar-refractivity contribution in [1.82, 2.24) is 20.3 Å². The predicted molar refractivity (Wildman–Crippen MR) is 143 cm³/mol. The van der Waals surface area contributed by atoms with E-state index >= 15 is 0 Å². The number of pyridine rings is 1. The molecule has 2 N–H and O–H groups in total. The second-order valence-corrected chi connectivity index (χ2v) is 10.9. The number of ether oxygens (including phenoxy) is 3. The van der Waals surface area contributed by atoms with Crippen LogP contribution in [0, 0.1) is 6.92 Å². The van der Waals surface area contributed by atoms with Gasteiger partial charge in [-0.3, -0.25) is 0 Å². The minimum atomic E-state index is -0.499. The zero-order valence-corrected chi connectivity index (χ0v) is 22.3. The number of halogens is 1. The lowest BCUT2D eigenvalue weighted by molar-refractivity contribution is 0.0492. The maximum absolute atomic E-state index is 12.1. The Kier molecular flexibility index (Phi) is 6.98. The van der Waals surface area contributed by atoms with Gasteiger partial charge < -0.3 is 24.8 Å². The molecule has 2 aromatic heterocycles. The summed E-state index contributed by atoms with van der Waals surface area (Å²) in [7, 11) is 0. The summed E-state index contributed by atoms with van der Waals surface area (Å²) in [5, 5.41) is 7.91. The zero-order valence-electron chi connectivity index (χ0n) is 21.6. The Hall–Kier alpha value is -3.33. The molecule has 0 unspecified atom stereocenters. The number of hydrogen-bond acceptors (Lipinski definition) is 8. The first kappa shape index (κ1) is 25.3. The lowest BCUT2D eigenvalue weighted by Crippen LogP contribution is -2.42. The minimum absolute atomic E-state index is 0.116. The number of nitrogens with zero attached hydrogens (tertiary/aromatic N) is 3. The summed E-state index contributed by atoms with van der Waals surface area (Å²) in [4.78, 5) is 25.8. The average Bonchev–Trinajstić information content (AvgIpc) is 2.84. The van der Waals surface area contributed by atoms with E-state index in [1.54, 1.807) is 6.20 Å². The summed E-state index contributed by atoms with van der Waals surface area (Å²) in [6.07, 6.45) is 4.79. The van der Waals surface area contributed by atoms with E-state index in [0.29, 0.717) is 35.8 Å². The standard InChI is InChI=1S/C27H32ClN5O4/c1-15-19-13-16(22-20(28)14-29-24-23(22)35-11-12-36-24)5-10-21(19)33-25(30-15)31-17-6-8-18(9-7-17)32-26(34)37-27(2,3)4/h5,10,13-14,17-18H,6-9,11-12H2,1-4H3,(H,32,34)(H,30,31,33)/t17-,18+. The van der Waals surface area contributed by atoms with Gasteiger partial charge >= 0.3 is 6.09 Å². The van der Waals surface area contributed by atoms with Crippen molar-refractivity contribution < 1.29 is 19.0 Å². The van der Waals surface area contributed by atoms with Gasteiger partial charge in [-0.05, 0) is 71.1 Å². The maximum atomic E-state index is 12.1. The fourth-order valence-corrected chi connectivity index (χ4v) is 5.03. The molecule has 2 aliphatic rings. The molecular formula is C27H32ClN5O4. The molecule has 1 aliphatic heterocycles. The zero-order chi connectivity index (χ0) is 26.2. The number of aryl methyl sites for hydroxylation is 1. The number of amides is 1. The molecule has 37 heavy (non-hydrogen) atoms. The van der Waals surface area contributed by atoms with Crippen LogP contribution in [0.15, 0.2) is 24.4 Å². The predicted octanol–water partition coefficient (Wildman–Crippen LogP) is 5.67. The normalized spacial score (nSPS) is 19.4. The minimum Gasteiger partial charge on any atom is -0.484 e. The summed E-state index contributed by atoms with van der Waals surface area (Å²) in [6, 6.07) is 6.34. The van der Waals surface area contributed by atoms with E-state index < -0.39 is 5.60 Å². The molecule has 1 aliphatic carbocycles. The molecule has 1 fully saturated rings. The maximum Gasteiger partial charge on any atom is 0.407 e. The van der Waals surface area contributed by atoms with Gasteiger partial charge in [0.2, 0.25) is 5.95 Å². The number of carbonyl (C=O) groups is 1. The average molecular weight is 526 g/mol. The van der Waals surface area contributed by atoms with Crippen LogP contribution >= 0.6 is 11.6 Å². The Bertz CT molecular complexity index is 1320. The second-order valence-electron chi connectivity index (χ2n) is 10.5. The van der Waals surface area contributed by atoms with Gasteiger partial charge in [-0.15, -0.1) is 0 Å². The fourth-order valence-electron chi connectivity index (χ4n) is 4.78. The molecule has 9 nitrogen and oxygen atoms in total. The molecule has 0 atom stereocenters. The first-order valence-electron chi connectivity index (χ1n) is 12.7. The van der Waals surface area contributed by atoms with Gasteiger partial charge in [0.25, 0.3) is 5.88 Å². The molecule has 196 valence electrons. The van der Waals surface area contributed by atoms with Gasteiger partial charge in [0.1, 0.15) is 18.8 Å². The number of alkyl carbamates (subject to hydrolysis) is 1. The Morgan fingerprint density at radius 2 is 1.81 bits per heavy atom. The Morgan fingerprint density at radius 1 is 1.08 bits per heavy atom. The van der Waals surface area contributed by atoms with Crippen molar-refractivity contribution in [1.29, 1.82) is 0 Å².